The quantitative estimate of drug-likeness (QED) is 0.426. The van der Waals surface area contributed by atoms with Crippen molar-refractivity contribution in [1.29, 1.82) is 0 Å². The molecule has 2 aromatic carbocycles. The molecule has 0 aliphatic rings. The van der Waals surface area contributed by atoms with Gasteiger partial charge in [0.05, 0.1) is 23.2 Å². The van der Waals surface area contributed by atoms with Gasteiger partial charge in [0.25, 0.3) is 10.0 Å². The molecule has 0 bridgehead atoms. The lowest BCUT2D eigenvalue weighted by molar-refractivity contribution is 0.0527. The maximum Gasteiger partial charge on any atom is 0.343 e. The van der Waals surface area contributed by atoms with E-state index in [4.69, 9.17) is 9.72 Å². The zero-order valence-corrected chi connectivity index (χ0v) is 19.6. The molecule has 0 amide bonds. The molecule has 2 aromatic heterocycles. The Labute approximate surface area is 192 Å². The Morgan fingerprint density at radius 3 is 2.48 bits per heavy atom. The molecular formula is C24H24N4O4S. The Balaban J connectivity index is 1.88. The predicted octanol–water partition coefficient (Wildman–Crippen LogP) is 4.32. The number of anilines is 1. The van der Waals surface area contributed by atoms with Gasteiger partial charge in [-0.05, 0) is 57.0 Å². The topological polar surface area (TPSA) is 103 Å². The molecule has 0 spiro atoms. The Hall–Kier alpha value is -3.72. The Kier molecular flexibility index (Phi) is 5.90. The smallest absolute Gasteiger partial charge is 0.343 e. The third-order valence-corrected chi connectivity index (χ3v) is 6.63. The summed E-state index contributed by atoms with van der Waals surface area (Å²) in [6.07, 6.45) is 1.28. The SMILES string of the molecule is CCOC(=O)c1cnn(-c2cc(C)c3cccc(C)c3n2)c1NS(=O)(=O)c1ccc(C)cc1. The van der Waals surface area contributed by atoms with Crippen LogP contribution in [0.3, 0.4) is 0 Å². The zero-order chi connectivity index (χ0) is 23.8. The first kappa shape index (κ1) is 22.5. The van der Waals surface area contributed by atoms with E-state index in [1.807, 2.05) is 39.0 Å². The van der Waals surface area contributed by atoms with Crippen LogP contribution in [0.1, 0.15) is 34.0 Å². The molecule has 0 radical (unpaired) electrons. The van der Waals surface area contributed by atoms with Crippen LogP contribution in [0.2, 0.25) is 0 Å². The average molecular weight is 465 g/mol. The van der Waals surface area contributed by atoms with Crippen LogP contribution >= 0.6 is 0 Å². The zero-order valence-electron chi connectivity index (χ0n) is 18.8. The summed E-state index contributed by atoms with van der Waals surface area (Å²) in [7, 11) is -4.01. The number of hydrogen-bond donors (Lipinski definition) is 1. The first-order valence-corrected chi connectivity index (χ1v) is 11.9. The maximum atomic E-state index is 13.1. The number of pyridine rings is 1. The van der Waals surface area contributed by atoms with Gasteiger partial charge in [-0.15, -0.1) is 0 Å². The summed E-state index contributed by atoms with van der Waals surface area (Å²) in [5.74, 6) is -0.334. The number of rotatable bonds is 6. The summed E-state index contributed by atoms with van der Waals surface area (Å²) in [6, 6.07) is 14.1. The lowest BCUT2D eigenvalue weighted by Gasteiger charge is -2.14. The number of fused-ring (bicyclic) bond motifs is 1. The van der Waals surface area contributed by atoms with Crippen molar-refractivity contribution in [2.24, 2.45) is 0 Å². The fourth-order valence-corrected chi connectivity index (χ4v) is 4.60. The Morgan fingerprint density at radius 1 is 1.06 bits per heavy atom. The fourth-order valence-electron chi connectivity index (χ4n) is 3.53. The number of carbonyl (C=O) groups is 1. The molecule has 0 saturated carbocycles. The molecule has 4 rings (SSSR count). The molecule has 4 aromatic rings. The van der Waals surface area contributed by atoms with E-state index >= 15 is 0 Å². The Bertz CT molecular complexity index is 1460. The van der Waals surface area contributed by atoms with Crippen molar-refractivity contribution in [2.45, 2.75) is 32.6 Å². The number of para-hydroxylation sites is 1. The van der Waals surface area contributed by atoms with Crippen LogP contribution in [0.25, 0.3) is 16.7 Å². The summed E-state index contributed by atoms with van der Waals surface area (Å²) in [4.78, 5) is 17.4. The van der Waals surface area contributed by atoms with E-state index in [-0.39, 0.29) is 22.9 Å². The Morgan fingerprint density at radius 2 is 1.79 bits per heavy atom. The van der Waals surface area contributed by atoms with Gasteiger partial charge < -0.3 is 4.74 Å². The fraction of sp³-hybridized carbons (Fsp3) is 0.208. The molecule has 0 unspecified atom stereocenters. The first-order chi connectivity index (χ1) is 15.7. The molecule has 8 nitrogen and oxygen atoms in total. The number of ether oxygens (including phenoxy) is 1. The minimum absolute atomic E-state index is 0.00290. The largest absolute Gasteiger partial charge is 0.462 e. The number of carbonyl (C=O) groups excluding carboxylic acids is 1. The van der Waals surface area contributed by atoms with Gasteiger partial charge in [-0.2, -0.15) is 9.78 Å². The van der Waals surface area contributed by atoms with E-state index in [0.29, 0.717) is 5.82 Å². The van der Waals surface area contributed by atoms with E-state index in [1.165, 1.54) is 23.0 Å². The summed E-state index contributed by atoms with van der Waals surface area (Å²) in [5.41, 5.74) is 3.61. The van der Waals surface area contributed by atoms with Crippen LogP contribution in [0.5, 0.6) is 0 Å². The minimum atomic E-state index is -4.01. The van der Waals surface area contributed by atoms with E-state index < -0.39 is 16.0 Å². The van der Waals surface area contributed by atoms with Crippen LogP contribution in [0.4, 0.5) is 5.82 Å². The van der Waals surface area contributed by atoms with Crippen LogP contribution in [0, 0.1) is 20.8 Å². The summed E-state index contributed by atoms with van der Waals surface area (Å²) >= 11 is 0. The summed E-state index contributed by atoms with van der Waals surface area (Å²) in [5, 5.41) is 5.27. The van der Waals surface area contributed by atoms with Crippen molar-refractivity contribution >= 4 is 32.7 Å². The standard InChI is InChI=1S/C24H24N4O4S/c1-5-32-24(29)20-14-25-28(21-13-17(4)19-8-6-7-16(3)22(19)26-21)23(20)27-33(30,31)18-11-9-15(2)10-12-18/h6-14,27H,5H2,1-4H3. The highest BCUT2D eigenvalue weighted by Crippen LogP contribution is 2.27. The molecular weight excluding hydrogens is 440 g/mol. The van der Waals surface area contributed by atoms with E-state index in [9.17, 15) is 13.2 Å². The van der Waals surface area contributed by atoms with Gasteiger partial charge in [0, 0.05) is 5.39 Å². The van der Waals surface area contributed by atoms with Gasteiger partial charge in [-0.3, -0.25) is 4.72 Å². The molecule has 33 heavy (non-hydrogen) atoms. The molecule has 170 valence electrons. The van der Waals surface area contributed by atoms with E-state index in [0.717, 1.165) is 27.6 Å². The van der Waals surface area contributed by atoms with Crippen molar-refractivity contribution in [1.82, 2.24) is 14.8 Å². The number of benzene rings is 2. The molecule has 0 fully saturated rings. The van der Waals surface area contributed by atoms with Crippen LogP contribution < -0.4 is 4.72 Å². The molecule has 0 atom stereocenters. The third-order valence-electron chi connectivity index (χ3n) is 5.28. The number of nitrogens with one attached hydrogen (secondary N) is 1. The van der Waals surface area contributed by atoms with Crippen molar-refractivity contribution in [3.63, 3.8) is 0 Å². The average Bonchev–Trinajstić information content (AvgIpc) is 3.18. The highest BCUT2D eigenvalue weighted by molar-refractivity contribution is 7.92. The second-order valence-corrected chi connectivity index (χ2v) is 9.41. The second-order valence-electron chi connectivity index (χ2n) is 7.73. The lowest BCUT2D eigenvalue weighted by Crippen LogP contribution is -2.19. The lowest BCUT2D eigenvalue weighted by atomic mass is 10.1. The first-order valence-electron chi connectivity index (χ1n) is 10.4. The predicted molar refractivity (Wildman–Crippen MR) is 126 cm³/mol. The van der Waals surface area contributed by atoms with Crippen LogP contribution in [0.15, 0.2) is 59.6 Å². The highest BCUT2D eigenvalue weighted by Gasteiger charge is 2.25. The van der Waals surface area contributed by atoms with Gasteiger partial charge in [0.1, 0.15) is 5.56 Å². The third kappa shape index (κ3) is 4.31. The van der Waals surface area contributed by atoms with Crippen molar-refractivity contribution < 1.29 is 17.9 Å². The van der Waals surface area contributed by atoms with Crippen LogP contribution in [-0.2, 0) is 14.8 Å². The van der Waals surface area contributed by atoms with Gasteiger partial charge in [-0.25, -0.2) is 18.2 Å². The minimum Gasteiger partial charge on any atom is -0.462 e. The van der Waals surface area contributed by atoms with Crippen molar-refractivity contribution in [3.05, 3.63) is 77.0 Å². The number of aromatic nitrogens is 3. The molecule has 1 N–H and O–H groups in total. The molecule has 2 heterocycles. The number of hydrogen-bond acceptors (Lipinski definition) is 6. The van der Waals surface area contributed by atoms with Crippen LogP contribution in [-0.4, -0.2) is 35.8 Å². The van der Waals surface area contributed by atoms with E-state index in [2.05, 4.69) is 9.82 Å². The molecule has 9 heteroatoms. The monoisotopic (exact) mass is 464 g/mol. The van der Waals surface area contributed by atoms with Gasteiger partial charge in [0.15, 0.2) is 11.6 Å². The number of sulfonamides is 1. The molecule has 0 aliphatic heterocycles. The number of nitrogens with zero attached hydrogens (tertiary/aromatic N) is 3. The van der Waals surface area contributed by atoms with Gasteiger partial charge >= 0.3 is 5.97 Å². The molecule has 0 aliphatic carbocycles. The number of aryl methyl sites for hydroxylation is 3. The van der Waals surface area contributed by atoms with E-state index in [1.54, 1.807) is 25.1 Å². The molecule has 0 saturated heterocycles. The second kappa shape index (κ2) is 8.67. The summed E-state index contributed by atoms with van der Waals surface area (Å²) < 4.78 is 35.2. The van der Waals surface area contributed by atoms with Gasteiger partial charge in [-0.1, -0.05) is 35.9 Å². The number of esters is 1. The summed E-state index contributed by atoms with van der Waals surface area (Å²) in [6.45, 7) is 7.58. The van der Waals surface area contributed by atoms with Crippen molar-refractivity contribution in [2.75, 3.05) is 11.3 Å². The normalized spacial score (nSPS) is 11.5. The highest BCUT2D eigenvalue weighted by atomic mass is 32.2. The van der Waals surface area contributed by atoms with Crippen molar-refractivity contribution in [3.8, 4) is 5.82 Å². The maximum absolute atomic E-state index is 13.1. The van der Waals surface area contributed by atoms with Gasteiger partial charge in [0.2, 0.25) is 0 Å².